The number of rotatable bonds is 2. The molecule has 0 radical (unpaired) electrons. The average molecular weight is 339 g/mol. The van der Waals surface area contributed by atoms with Gasteiger partial charge in [0.15, 0.2) is 0 Å². The van der Waals surface area contributed by atoms with Crippen molar-refractivity contribution >= 4 is 34.2 Å². The third kappa shape index (κ3) is 2.46. The highest BCUT2D eigenvalue weighted by Gasteiger charge is 2.11. The van der Waals surface area contributed by atoms with Gasteiger partial charge in [-0.3, -0.25) is 0 Å². The molecule has 0 atom stereocenters. The monoisotopic (exact) mass is 338 g/mol. The molecule has 1 heterocycles. The van der Waals surface area contributed by atoms with Crippen LogP contribution in [0.5, 0.6) is 0 Å². The Balaban J connectivity index is 2.31. The predicted molar refractivity (Wildman–Crippen MR) is 61.2 cm³/mol. The second-order valence-corrected chi connectivity index (χ2v) is 4.16. The standard InChI is InChI=1S/C9H5ClFIN2O/c10-6-2-1-3-7(11)5(6)4-8-13-14-9(12)15-8/h1-3H,4H2. The first-order chi connectivity index (χ1) is 7.16. The molecule has 0 N–H and O–H groups in total. The van der Waals surface area contributed by atoms with E-state index >= 15 is 0 Å². The van der Waals surface area contributed by atoms with Crippen molar-refractivity contribution in [2.75, 3.05) is 0 Å². The molecule has 0 aliphatic rings. The normalized spacial score (nSPS) is 10.6. The van der Waals surface area contributed by atoms with Gasteiger partial charge in [0, 0.05) is 33.2 Å². The Morgan fingerprint density at radius 3 is 2.80 bits per heavy atom. The summed E-state index contributed by atoms with van der Waals surface area (Å²) in [7, 11) is 0. The van der Waals surface area contributed by atoms with E-state index in [1.807, 2.05) is 22.6 Å². The highest BCUT2D eigenvalue weighted by atomic mass is 127. The van der Waals surface area contributed by atoms with Gasteiger partial charge in [0.1, 0.15) is 5.82 Å². The Morgan fingerprint density at radius 2 is 2.20 bits per heavy atom. The quantitative estimate of drug-likeness (QED) is 0.790. The largest absolute Gasteiger partial charge is 0.416 e. The maximum Gasteiger partial charge on any atom is 0.278 e. The summed E-state index contributed by atoms with van der Waals surface area (Å²) in [5, 5.41) is 7.78. The van der Waals surface area contributed by atoms with Crippen LogP contribution >= 0.6 is 34.2 Å². The molecule has 2 rings (SSSR count). The van der Waals surface area contributed by atoms with Crippen LogP contribution in [-0.2, 0) is 6.42 Å². The van der Waals surface area contributed by atoms with Crippen LogP contribution in [0.2, 0.25) is 5.02 Å². The van der Waals surface area contributed by atoms with E-state index in [4.69, 9.17) is 16.0 Å². The van der Waals surface area contributed by atoms with Gasteiger partial charge < -0.3 is 4.42 Å². The molecule has 0 aliphatic heterocycles. The molecule has 0 bridgehead atoms. The number of nitrogens with zero attached hydrogens (tertiary/aromatic N) is 2. The fraction of sp³-hybridized carbons (Fsp3) is 0.111. The zero-order chi connectivity index (χ0) is 10.8. The summed E-state index contributed by atoms with van der Waals surface area (Å²) in [6, 6.07) is 4.53. The molecule has 0 spiro atoms. The van der Waals surface area contributed by atoms with Gasteiger partial charge in [0.2, 0.25) is 5.89 Å². The Kier molecular flexibility index (Phi) is 3.20. The Hall–Kier alpha value is -0.690. The number of hydrogen-bond acceptors (Lipinski definition) is 3. The first-order valence-electron chi connectivity index (χ1n) is 4.07. The van der Waals surface area contributed by atoms with Gasteiger partial charge in [-0.25, -0.2) is 4.39 Å². The lowest BCUT2D eigenvalue weighted by atomic mass is 10.1. The number of aromatic nitrogens is 2. The van der Waals surface area contributed by atoms with Crippen LogP contribution in [0, 0.1) is 9.71 Å². The maximum atomic E-state index is 13.4. The summed E-state index contributed by atoms with van der Waals surface area (Å²) in [4.78, 5) is 0. The van der Waals surface area contributed by atoms with Gasteiger partial charge in [-0.2, -0.15) is 0 Å². The molecule has 0 amide bonds. The summed E-state index contributed by atoms with van der Waals surface area (Å²) in [6.45, 7) is 0. The zero-order valence-electron chi connectivity index (χ0n) is 7.38. The van der Waals surface area contributed by atoms with Gasteiger partial charge >= 0.3 is 0 Å². The third-order valence-corrected chi connectivity index (χ3v) is 2.62. The van der Waals surface area contributed by atoms with Gasteiger partial charge in [-0.15, -0.1) is 10.2 Å². The second-order valence-electron chi connectivity index (χ2n) is 2.83. The van der Waals surface area contributed by atoms with Gasteiger partial charge in [0.05, 0.1) is 6.42 Å². The predicted octanol–water partition coefficient (Wildman–Crippen LogP) is 3.06. The minimum atomic E-state index is -0.365. The third-order valence-electron chi connectivity index (χ3n) is 1.83. The van der Waals surface area contributed by atoms with Crippen molar-refractivity contribution in [3.05, 3.63) is 44.4 Å². The lowest BCUT2D eigenvalue weighted by Crippen LogP contribution is -1.94. The molecule has 0 aliphatic carbocycles. The van der Waals surface area contributed by atoms with E-state index in [0.717, 1.165) is 0 Å². The van der Waals surface area contributed by atoms with Crippen LogP contribution in [0.1, 0.15) is 11.5 Å². The molecule has 78 valence electrons. The molecule has 0 saturated carbocycles. The van der Waals surface area contributed by atoms with E-state index in [9.17, 15) is 4.39 Å². The van der Waals surface area contributed by atoms with Gasteiger partial charge in [-0.1, -0.05) is 17.7 Å². The van der Waals surface area contributed by atoms with Crippen LogP contribution in [-0.4, -0.2) is 10.2 Å². The molecular weight excluding hydrogens is 333 g/mol. The van der Waals surface area contributed by atoms with Crippen LogP contribution in [0.15, 0.2) is 22.6 Å². The average Bonchev–Trinajstić information content (AvgIpc) is 2.58. The second kappa shape index (κ2) is 4.44. The van der Waals surface area contributed by atoms with Crippen molar-refractivity contribution in [1.82, 2.24) is 10.2 Å². The van der Waals surface area contributed by atoms with Crippen molar-refractivity contribution in [3.63, 3.8) is 0 Å². The molecule has 3 nitrogen and oxygen atoms in total. The van der Waals surface area contributed by atoms with E-state index in [2.05, 4.69) is 10.2 Å². The first-order valence-corrected chi connectivity index (χ1v) is 5.53. The van der Waals surface area contributed by atoms with E-state index in [1.54, 1.807) is 12.1 Å². The van der Waals surface area contributed by atoms with E-state index in [1.165, 1.54) is 6.07 Å². The molecule has 15 heavy (non-hydrogen) atoms. The molecule has 0 fully saturated rings. The van der Waals surface area contributed by atoms with Crippen molar-refractivity contribution in [2.24, 2.45) is 0 Å². The first kappa shape index (κ1) is 10.8. The molecule has 0 saturated heterocycles. The lowest BCUT2D eigenvalue weighted by Gasteiger charge is -2.01. The topological polar surface area (TPSA) is 38.9 Å². The molecular formula is C9H5ClFIN2O. The fourth-order valence-corrected chi connectivity index (χ4v) is 1.75. The lowest BCUT2D eigenvalue weighted by molar-refractivity contribution is 0.475. The molecule has 2 aromatic rings. The summed E-state index contributed by atoms with van der Waals surface area (Å²) < 4.78 is 18.9. The molecule has 6 heteroatoms. The smallest absolute Gasteiger partial charge is 0.278 e. The van der Waals surface area contributed by atoms with Crippen molar-refractivity contribution in [3.8, 4) is 0 Å². The molecule has 0 unspecified atom stereocenters. The summed E-state index contributed by atoms with van der Waals surface area (Å²) in [6.07, 6.45) is 0.210. The highest BCUT2D eigenvalue weighted by molar-refractivity contribution is 14.1. The maximum absolute atomic E-state index is 13.4. The van der Waals surface area contributed by atoms with Crippen LogP contribution in [0.3, 0.4) is 0 Å². The summed E-state index contributed by atoms with van der Waals surface area (Å²) in [5.74, 6) is -0.0119. The van der Waals surface area contributed by atoms with Crippen molar-refractivity contribution in [2.45, 2.75) is 6.42 Å². The van der Waals surface area contributed by atoms with Crippen molar-refractivity contribution in [1.29, 1.82) is 0 Å². The fourth-order valence-electron chi connectivity index (χ4n) is 1.16. The number of halogens is 3. The van der Waals surface area contributed by atoms with Gasteiger partial charge in [0.25, 0.3) is 3.90 Å². The van der Waals surface area contributed by atoms with Gasteiger partial charge in [-0.05, 0) is 12.1 Å². The minimum Gasteiger partial charge on any atom is -0.416 e. The van der Waals surface area contributed by atoms with Crippen LogP contribution in [0.25, 0.3) is 0 Å². The SMILES string of the molecule is Fc1cccc(Cl)c1Cc1nnc(I)o1. The van der Waals surface area contributed by atoms with Crippen LogP contribution < -0.4 is 0 Å². The Labute approximate surface area is 104 Å². The number of hydrogen-bond donors (Lipinski definition) is 0. The Bertz CT molecular complexity index is 468. The minimum absolute atomic E-state index is 0.210. The zero-order valence-corrected chi connectivity index (χ0v) is 10.3. The summed E-state index contributed by atoms with van der Waals surface area (Å²) >= 11 is 7.75. The van der Waals surface area contributed by atoms with E-state index in [0.29, 0.717) is 20.4 Å². The number of benzene rings is 1. The van der Waals surface area contributed by atoms with E-state index < -0.39 is 0 Å². The van der Waals surface area contributed by atoms with Crippen LogP contribution in [0.4, 0.5) is 4.39 Å². The van der Waals surface area contributed by atoms with E-state index in [-0.39, 0.29) is 12.2 Å². The summed E-state index contributed by atoms with van der Waals surface area (Å²) in [5.41, 5.74) is 0.374. The molecule has 1 aromatic carbocycles. The Morgan fingerprint density at radius 1 is 1.40 bits per heavy atom. The highest BCUT2D eigenvalue weighted by Crippen LogP contribution is 2.21. The molecule has 1 aromatic heterocycles. The van der Waals surface area contributed by atoms with Crippen molar-refractivity contribution < 1.29 is 8.81 Å².